The molecule has 0 unspecified atom stereocenters. The lowest BCUT2D eigenvalue weighted by Crippen LogP contribution is -1.98. The lowest BCUT2D eigenvalue weighted by Gasteiger charge is -2.12. The van der Waals surface area contributed by atoms with Crippen LogP contribution in [0.2, 0.25) is 0 Å². The van der Waals surface area contributed by atoms with Crippen LogP contribution in [0, 0.1) is 0 Å². The molecule has 0 aliphatic heterocycles. The van der Waals surface area contributed by atoms with Crippen LogP contribution in [0.1, 0.15) is 0 Å². The van der Waals surface area contributed by atoms with E-state index in [1.54, 1.807) is 0 Å². The van der Waals surface area contributed by atoms with Gasteiger partial charge >= 0.3 is 0 Å². The Morgan fingerprint density at radius 3 is 2.16 bits per heavy atom. The van der Waals surface area contributed by atoms with E-state index in [2.05, 4.69) is 143 Å². The normalized spacial score (nSPS) is 11.7. The molecule has 8 rings (SSSR count). The molecule has 0 bridgehead atoms. The molecular weight excluding hydrogens is 462 g/mol. The third kappa shape index (κ3) is 3.06. The highest BCUT2D eigenvalue weighted by Crippen LogP contribution is 2.40. The van der Waals surface area contributed by atoms with Gasteiger partial charge in [0.25, 0.3) is 0 Å². The zero-order valence-corrected chi connectivity index (χ0v) is 20.6. The molecule has 0 N–H and O–H groups in total. The Labute approximate surface area is 219 Å². The number of nitrogens with zero attached hydrogens (tertiary/aromatic N) is 3. The lowest BCUT2D eigenvalue weighted by molar-refractivity contribution is 1.09. The van der Waals surface area contributed by atoms with Crippen molar-refractivity contribution in [2.45, 2.75) is 0 Å². The summed E-state index contributed by atoms with van der Waals surface area (Å²) in [6.07, 6.45) is 4.10. The van der Waals surface area contributed by atoms with E-state index in [1.807, 2.05) is 6.20 Å². The maximum Gasteiger partial charge on any atom is 0.138 e. The second-order valence-electron chi connectivity index (χ2n) is 9.70. The van der Waals surface area contributed by atoms with Gasteiger partial charge in [-0.2, -0.15) is 0 Å². The predicted molar refractivity (Wildman–Crippen MR) is 158 cm³/mol. The molecule has 0 fully saturated rings. The van der Waals surface area contributed by atoms with E-state index in [0.29, 0.717) is 0 Å². The summed E-state index contributed by atoms with van der Waals surface area (Å²) in [6, 6.07) is 45.2. The molecule has 178 valence electrons. The fraction of sp³-hybridized carbons (Fsp3) is 0. The lowest BCUT2D eigenvalue weighted by atomic mass is 10.0. The molecule has 3 heterocycles. The molecule has 0 radical (unpaired) electrons. The Hall–Kier alpha value is -5.15. The SMILES string of the molecule is c1ccc(-c2ccnc(-n3c4ccccc4c4ccc5ccc6c(ccn6-c6ccccc6)c5c43)c2)cc1. The summed E-state index contributed by atoms with van der Waals surface area (Å²) in [5.41, 5.74) is 7.04. The van der Waals surface area contributed by atoms with Gasteiger partial charge in [0, 0.05) is 39.6 Å². The molecule has 0 aliphatic rings. The van der Waals surface area contributed by atoms with Crippen LogP contribution in [0.3, 0.4) is 0 Å². The minimum atomic E-state index is 0.921. The fourth-order valence-electron chi connectivity index (χ4n) is 5.89. The highest BCUT2D eigenvalue weighted by molar-refractivity contribution is 6.25. The van der Waals surface area contributed by atoms with Crippen LogP contribution in [0.25, 0.3) is 66.1 Å². The average Bonchev–Trinajstić information content (AvgIpc) is 3.58. The van der Waals surface area contributed by atoms with E-state index in [4.69, 9.17) is 4.98 Å². The molecule has 0 saturated heterocycles. The number of pyridine rings is 1. The van der Waals surface area contributed by atoms with Crippen molar-refractivity contribution in [1.82, 2.24) is 14.1 Å². The van der Waals surface area contributed by atoms with Gasteiger partial charge in [-0.1, -0.05) is 84.9 Å². The molecular formula is C35H23N3. The second kappa shape index (κ2) is 8.19. The van der Waals surface area contributed by atoms with E-state index >= 15 is 0 Å². The van der Waals surface area contributed by atoms with Crippen molar-refractivity contribution in [2.75, 3.05) is 0 Å². The van der Waals surface area contributed by atoms with E-state index in [0.717, 1.165) is 22.6 Å². The number of hydrogen-bond acceptors (Lipinski definition) is 1. The van der Waals surface area contributed by atoms with Crippen LogP contribution in [0.4, 0.5) is 0 Å². The molecule has 5 aromatic carbocycles. The standard InChI is InChI=1S/C35H23N3/c1-3-9-24(10-4-1)26-19-21-36-33(23-26)38-32-14-8-7-13-28(32)29-17-15-25-16-18-31-30(34(25)35(29)38)20-22-37(31)27-11-5-2-6-12-27/h1-23H. The van der Waals surface area contributed by atoms with Crippen molar-refractivity contribution in [1.29, 1.82) is 0 Å². The van der Waals surface area contributed by atoms with Gasteiger partial charge in [0.1, 0.15) is 5.82 Å². The number of hydrogen-bond donors (Lipinski definition) is 0. The summed E-state index contributed by atoms with van der Waals surface area (Å²) < 4.78 is 4.62. The quantitative estimate of drug-likeness (QED) is 0.245. The van der Waals surface area contributed by atoms with Crippen LogP contribution < -0.4 is 0 Å². The molecule has 0 aliphatic carbocycles. The zero-order chi connectivity index (χ0) is 25.1. The first-order valence-electron chi connectivity index (χ1n) is 12.9. The van der Waals surface area contributed by atoms with Crippen molar-refractivity contribution in [3.63, 3.8) is 0 Å². The first kappa shape index (κ1) is 21.0. The Kier molecular flexibility index (Phi) is 4.52. The van der Waals surface area contributed by atoms with Crippen molar-refractivity contribution >= 4 is 43.5 Å². The Morgan fingerprint density at radius 2 is 1.29 bits per heavy atom. The fourth-order valence-corrected chi connectivity index (χ4v) is 5.89. The first-order valence-corrected chi connectivity index (χ1v) is 12.9. The van der Waals surface area contributed by atoms with Crippen LogP contribution in [0.15, 0.2) is 140 Å². The van der Waals surface area contributed by atoms with Crippen LogP contribution in [0.5, 0.6) is 0 Å². The Balaban J connectivity index is 1.50. The summed E-state index contributed by atoms with van der Waals surface area (Å²) in [5, 5.41) is 6.17. The molecule has 0 amide bonds. The number of fused-ring (bicyclic) bond motifs is 7. The van der Waals surface area contributed by atoms with E-state index < -0.39 is 0 Å². The minimum absolute atomic E-state index is 0.921. The van der Waals surface area contributed by atoms with Crippen LogP contribution in [-0.4, -0.2) is 14.1 Å². The Bertz CT molecular complexity index is 2120. The van der Waals surface area contributed by atoms with E-state index in [1.165, 1.54) is 43.5 Å². The Morgan fingerprint density at radius 1 is 0.526 bits per heavy atom. The highest BCUT2D eigenvalue weighted by atomic mass is 15.1. The topological polar surface area (TPSA) is 22.8 Å². The largest absolute Gasteiger partial charge is 0.317 e. The van der Waals surface area contributed by atoms with Crippen LogP contribution >= 0.6 is 0 Å². The maximum atomic E-state index is 4.91. The van der Waals surface area contributed by atoms with Gasteiger partial charge < -0.3 is 4.57 Å². The summed E-state index contributed by atoms with van der Waals surface area (Å²) in [7, 11) is 0. The molecule has 0 spiro atoms. The molecule has 3 aromatic heterocycles. The molecule has 8 aromatic rings. The third-order valence-electron chi connectivity index (χ3n) is 7.60. The highest BCUT2D eigenvalue weighted by Gasteiger charge is 2.18. The predicted octanol–water partition coefficient (Wildman–Crippen LogP) is 8.94. The first-order chi connectivity index (χ1) is 18.9. The van der Waals surface area contributed by atoms with E-state index in [9.17, 15) is 0 Å². The molecule has 0 saturated carbocycles. The van der Waals surface area contributed by atoms with E-state index in [-0.39, 0.29) is 0 Å². The molecule has 3 heteroatoms. The molecule has 38 heavy (non-hydrogen) atoms. The second-order valence-corrected chi connectivity index (χ2v) is 9.70. The number of benzene rings is 5. The summed E-state index contributed by atoms with van der Waals surface area (Å²) in [5.74, 6) is 0.921. The summed E-state index contributed by atoms with van der Waals surface area (Å²) >= 11 is 0. The number of aromatic nitrogens is 3. The van der Waals surface area contributed by atoms with Crippen molar-refractivity contribution < 1.29 is 0 Å². The van der Waals surface area contributed by atoms with Gasteiger partial charge in [-0.25, -0.2) is 4.98 Å². The molecule has 3 nitrogen and oxygen atoms in total. The summed E-state index contributed by atoms with van der Waals surface area (Å²) in [6.45, 7) is 0. The molecule has 0 atom stereocenters. The zero-order valence-electron chi connectivity index (χ0n) is 20.6. The van der Waals surface area contributed by atoms with Crippen LogP contribution in [-0.2, 0) is 0 Å². The summed E-state index contributed by atoms with van der Waals surface area (Å²) in [4.78, 5) is 4.91. The maximum absolute atomic E-state index is 4.91. The van der Waals surface area contributed by atoms with Crippen molar-refractivity contribution in [2.24, 2.45) is 0 Å². The van der Waals surface area contributed by atoms with Crippen molar-refractivity contribution in [3.8, 4) is 22.6 Å². The minimum Gasteiger partial charge on any atom is -0.317 e. The van der Waals surface area contributed by atoms with Gasteiger partial charge in [-0.05, 0) is 59.0 Å². The van der Waals surface area contributed by atoms with Gasteiger partial charge in [0.15, 0.2) is 0 Å². The number of rotatable bonds is 3. The number of para-hydroxylation sites is 2. The van der Waals surface area contributed by atoms with Gasteiger partial charge in [-0.15, -0.1) is 0 Å². The monoisotopic (exact) mass is 485 g/mol. The van der Waals surface area contributed by atoms with Gasteiger partial charge in [-0.3, -0.25) is 4.57 Å². The van der Waals surface area contributed by atoms with Gasteiger partial charge in [0.2, 0.25) is 0 Å². The van der Waals surface area contributed by atoms with Gasteiger partial charge in [0.05, 0.1) is 16.6 Å². The third-order valence-corrected chi connectivity index (χ3v) is 7.60. The average molecular weight is 486 g/mol. The smallest absolute Gasteiger partial charge is 0.138 e. The van der Waals surface area contributed by atoms with Crippen molar-refractivity contribution in [3.05, 3.63) is 140 Å².